The lowest BCUT2D eigenvalue weighted by Crippen LogP contribution is -2.36. The summed E-state index contributed by atoms with van der Waals surface area (Å²) in [6.07, 6.45) is 0. The monoisotopic (exact) mass is 332 g/mol. The van der Waals surface area contributed by atoms with Crippen LogP contribution in [0.25, 0.3) is 0 Å². The maximum absolute atomic E-state index is 12.3. The number of hydrogen-bond acceptors (Lipinski definition) is 3. The maximum Gasteiger partial charge on any atom is 0.236 e. The number of carbonyl (C=O) groups excluding carboxylic acids is 1. The molecular formula is C14H18Cl2N2OS. The van der Waals surface area contributed by atoms with Crippen LogP contribution < -0.4 is 0 Å². The molecule has 110 valence electrons. The van der Waals surface area contributed by atoms with E-state index in [2.05, 4.69) is 4.90 Å². The number of hydrogen-bond donors (Lipinski definition) is 0. The molecule has 0 N–H and O–H groups in total. The quantitative estimate of drug-likeness (QED) is 0.842. The Balaban J connectivity index is 2.23. The largest absolute Gasteiger partial charge is 0.324 e. The third-order valence-corrected chi connectivity index (χ3v) is 5.40. The molecule has 1 amide bonds. The van der Waals surface area contributed by atoms with Crippen molar-refractivity contribution in [1.82, 2.24) is 9.80 Å². The number of amides is 1. The van der Waals surface area contributed by atoms with Crippen molar-refractivity contribution in [1.29, 1.82) is 0 Å². The number of likely N-dealkylation sites (N-methyl/N-ethyl adjacent to an activating group) is 1. The molecule has 6 heteroatoms. The predicted octanol–water partition coefficient (Wildman–Crippen LogP) is 3.52. The molecule has 2 rings (SSSR count). The second-order valence-electron chi connectivity index (χ2n) is 5.14. The minimum Gasteiger partial charge on any atom is -0.324 e. The van der Waals surface area contributed by atoms with Gasteiger partial charge in [0.25, 0.3) is 0 Å². The van der Waals surface area contributed by atoms with Crippen LogP contribution in [0.15, 0.2) is 18.2 Å². The highest BCUT2D eigenvalue weighted by Gasteiger charge is 2.38. The number of halogens is 2. The van der Waals surface area contributed by atoms with Crippen molar-refractivity contribution in [3.05, 3.63) is 33.8 Å². The minimum atomic E-state index is -0.0170. The van der Waals surface area contributed by atoms with Crippen molar-refractivity contribution in [3.63, 3.8) is 0 Å². The fourth-order valence-electron chi connectivity index (χ4n) is 2.13. The van der Waals surface area contributed by atoms with E-state index < -0.39 is 0 Å². The first-order valence-corrected chi connectivity index (χ1v) is 8.15. The van der Waals surface area contributed by atoms with Crippen LogP contribution in [0.4, 0.5) is 0 Å². The van der Waals surface area contributed by atoms with E-state index in [1.807, 2.05) is 38.1 Å². The minimum absolute atomic E-state index is 0.0170. The van der Waals surface area contributed by atoms with Gasteiger partial charge in [-0.15, -0.1) is 11.8 Å². The molecule has 0 spiro atoms. The highest BCUT2D eigenvalue weighted by Crippen LogP contribution is 2.43. The summed E-state index contributed by atoms with van der Waals surface area (Å²) in [5.41, 5.74) is 1.03. The van der Waals surface area contributed by atoms with Gasteiger partial charge < -0.3 is 9.80 Å². The third kappa shape index (κ3) is 3.42. The van der Waals surface area contributed by atoms with E-state index in [1.54, 1.807) is 17.8 Å². The van der Waals surface area contributed by atoms with Gasteiger partial charge in [0.1, 0.15) is 5.37 Å². The Morgan fingerprint density at radius 2 is 2.00 bits per heavy atom. The zero-order valence-corrected chi connectivity index (χ0v) is 14.1. The Morgan fingerprint density at radius 3 is 2.60 bits per heavy atom. The number of carbonyl (C=O) groups is 1. The SMILES string of the molecule is C[C@H]1S[C@@H](c2ccc(Cl)c(Cl)c2)N(CCN(C)C)C1=O. The van der Waals surface area contributed by atoms with E-state index in [0.717, 1.165) is 12.1 Å². The molecule has 0 radical (unpaired) electrons. The molecule has 1 aromatic carbocycles. The molecule has 0 saturated carbocycles. The summed E-state index contributed by atoms with van der Waals surface area (Å²) in [6.45, 7) is 3.51. The lowest BCUT2D eigenvalue weighted by molar-refractivity contribution is -0.129. The molecule has 1 aliphatic rings. The van der Waals surface area contributed by atoms with Crippen LogP contribution in [0.3, 0.4) is 0 Å². The van der Waals surface area contributed by atoms with Crippen molar-refractivity contribution in [3.8, 4) is 0 Å². The molecule has 1 saturated heterocycles. The summed E-state index contributed by atoms with van der Waals surface area (Å²) in [5, 5.41) is 1.07. The lowest BCUT2D eigenvalue weighted by Gasteiger charge is -2.25. The zero-order valence-electron chi connectivity index (χ0n) is 11.8. The standard InChI is InChI=1S/C14H18Cl2N2OS/c1-9-13(19)18(7-6-17(2)3)14(20-9)10-4-5-11(15)12(16)8-10/h4-5,8-9,14H,6-7H2,1-3H3/t9-,14+/m1/s1. The number of nitrogens with zero attached hydrogens (tertiary/aromatic N) is 2. The van der Waals surface area contributed by atoms with Crippen molar-refractivity contribution in [2.75, 3.05) is 27.2 Å². The lowest BCUT2D eigenvalue weighted by atomic mass is 10.2. The molecule has 1 aliphatic heterocycles. The Hall–Kier alpha value is -0.420. The Bertz CT molecular complexity index is 510. The molecule has 0 aromatic heterocycles. The van der Waals surface area contributed by atoms with Crippen LogP contribution in [-0.2, 0) is 4.79 Å². The zero-order chi connectivity index (χ0) is 14.9. The molecule has 1 fully saturated rings. The maximum atomic E-state index is 12.3. The van der Waals surface area contributed by atoms with Crippen LogP contribution in [0, 0.1) is 0 Å². The summed E-state index contributed by atoms with van der Waals surface area (Å²) in [5.74, 6) is 0.188. The van der Waals surface area contributed by atoms with Crippen molar-refractivity contribution >= 4 is 40.9 Å². The van der Waals surface area contributed by atoms with Gasteiger partial charge in [-0.05, 0) is 38.7 Å². The van der Waals surface area contributed by atoms with Gasteiger partial charge in [-0.2, -0.15) is 0 Å². The second kappa shape index (κ2) is 6.56. The smallest absolute Gasteiger partial charge is 0.236 e. The van der Waals surface area contributed by atoms with E-state index >= 15 is 0 Å². The number of rotatable bonds is 4. The van der Waals surface area contributed by atoms with Gasteiger partial charge in [-0.25, -0.2) is 0 Å². The van der Waals surface area contributed by atoms with Gasteiger partial charge in [0.05, 0.1) is 15.3 Å². The second-order valence-corrected chi connectivity index (χ2v) is 7.38. The number of benzene rings is 1. The Kier molecular flexibility index (Phi) is 5.24. The van der Waals surface area contributed by atoms with Crippen LogP contribution in [0.5, 0.6) is 0 Å². The van der Waals surface area contributed by atoms with Crippen LogP contribution in [0.1, 0.15) is 17.9 Å². The molecule has 2 atom stereocenters. The molecular weight excluding hydrogens is 315 g/mol. The fourth-order valence-corrected chi connectivity index (χ4v) is 3.74. The molecule has 20 heavy (non-hydrogen) atoms. The highest BCUT2D eigenvalue weighted by atomic mass is 35.5. The van der Waals surface area contributed by atoms with Gasteiger partial charge in [0.2, 0.25) is 5.91 Å². The topological polar surface area (TPSA) is 23.6 Å². The normalized spacial score (nSPS) is 22.9. The summed E-state index contributed by atoms with van der Waals surface area (Å²) in [4.78, 5) is 16.3. The molecule has 0 bridgehead atoms. The van der Waals surface area contributed by atoms with Crippen LogP contribution in [-0.4, -0.2) is 48.1 Å². The highest BCUT2D eigenvalue weighted by molar-refractivity contribution is 8.01. The van der Waals surface area contributed by atoms with E-state index in [0.29, 0.717) is 16.6 Å². The molecule has 1 heterocycles. The van der Waals surface area contributed by atoms with Gasteiger partial charge in [-0.1, -0.05) is 29.3 Å². The Labute approximate surface area is 134 Å². The predicted molar refractivity (Wildman–Crippen MR) is 86.5 cm³/mol. The van der Waals surface area contributed by atoms with Crippen molar-refractivity contribution in [2.45, 2.75) is 17.5 Å². The summed E-state index contributed by atoms with van der Waals surface area (Å²) >= 11 is 13.7. The van der Waals surface area contributed by atoms with Crippen molar-refractivity contribution < 1.29 is 4.79 Å². The average molecular weight is 333 g/mol. The summed E-state index contributed by atoms with van der Waals surface area (Å²) < 4.78 is 0. The molecule has 0 aliphatic carbocycles. The number of thioether (sulfide) groups is 1. The summed E-state index contributed by atoms with van der Waals surface area (Å²) in [7, 11) is 4.01. The third-order valence-electron chi connectivity index (χ3n) is 3.26. The van der Waals surface area contributed by atoms with E-state index in [9.17, 15) is 4.79 Å². The van der Waals surface area contributed by atoms with Crippen LogP contribution in [0.2, 0.25) is 10.0 Å². The molecule has 1 aromatic rings. The average Bonchev–Trinajstić information content (AvgIpc) is 2.67. The van der Waals surface area contributed by atoms with Gasteiger partial charge in [0.15, 0.2) is 0 Å². The molecule has 3 nitrogen and oxygen atoms in total. The first-order chi connectivity index (χ1) is 9.40. The first-order valence-electron chi connectivity index (χ1n) is 6.45. The Morgan fingerprint density at radius 1 is 1.30 bits per heavy atom. The van der Waals surface area contributed by atoms with E-state index in [1.165, 1.54) is 0 Å². The van der Waals surface area contributed by atoms with Crippen molar-refractivity contribution in [2.24, 2.45) is 0 Å². The van der Waals surface area contributed by atoms with E-state index in [4.69, 9.17) is 23.2 Å². The van der Waals surface area contributed by atoms with E-state index in [-0.39, 0.29) is 16.5 Å². The first kappa shape index (κ1) is 16.0. The van der Waals surface area contributed by atoms with Gasteiger partial charge in [0, 0.05) is 13.1 Å². The van der Waals surface area contributed by atoms with Gasteiger partial charge >= 0.3 is 0 Å². The van der Waals surface area contributed by atoms with Crippen LogP contribution >= 0.6 is 35.0 Å². The molecule has 0 unspecified atom stereocenters. The summed E-state index contributed by atoms with van der Waals surface area (Å²) in [6, 6.07) is 5.59. The van der Waals surface area contributed by atoms with Gasteiger partial charge in [-0.3, -0.25) is 4.79 Å². The fraction of sp³-hybridized carbons (Fsp3) is 0.500.